The van der Waals surface area contributed by atoms with E-state index in [1.165, 1.54) is 16.7 Å². The van der Waals surface area contributed by atoms with E-state index in [0.29, 0.717) is 6.54 Å². The van der Waals surface area contributed by atoms with E-state index in [-0.39, 0.29) is 23.0 Å². The molecule has 1 saturated carbocycles. The van der Waals surface area contributed by atoms with E-state index in [4.69, 9.17) is 5.73 Å². The fraction of sp³-hybridized carbons (Fsp3) is 0.409. The third-order valence-electron chi connectivity index (χ3n) is 6.64. The number of halogens is 1. The fourth-order valence-corrected chi connectivity index (χ4v) is 4.81. The highest BCUT2D eigenvalue weighted by Gasteiger charge is 2.50. The first-order chi connectivity index (χ1) is 14.3. The van der Waals surface area contributed by atoms with Crippen LogP contribution in [0.4, 0.5) is 15.0 Å². The summed E-state index contributed by atoms with van der Waals surface area (Å²) in [7, 11) is 4.17. The van der Waals surface area contributed by atoms with Crippen molar-refractivity contribution in [3.63, 3.8) is 0 Å². The van der Waals surface area contributed by atoms with Gasteiger partial charge in [0, 0.05) is 11.7 Å². The van der Waals surface area contributed by atoms with Gasteiger partial charge in [0.15, 0.2) is 11.6 Å². The van der Waals surface area contributed by atoms with Crippen molar-refractivity contribution in [2.45, 2.75) is 36.8 Å². The Balaban J connectivity index is 1.56. The second kappa shape index (κ2) is 7.36. The molecular formula is C22H26FN5O2. The van der Waals surface area contributed by atoms with Crippen LogP contribution in [0.25, 0.3) is 0 Å². The van der Waals surface area contributed by atoms with Gasteiger partial charge < -0.3 is 11.1 Å². The molecule has 2 aliphatic rings. The van der Waals surface area contributed by atoms with Crippen LogP contribution in [-0.2, 0) is 5.54 Å². The molecule has 1 aliphatic heterocycles. The van der Waals surface area contributed by atoms with Gasteiger partial charge in [0.2, 0.25) is 5.91 Å². The zero-order valence-corrected chi connectivity index (χ0v) is 17.2. The molecule has 30 heavy (non-hydrogen) atoms. The van der Waals surface area contributed by atoms with Crippen LogP contribution in [0.15, 0.2) is 42.6 Å². The van der Waals surface area contributed by atoms with E-state index in [9.17, 15) is 14.0 Å². The van der Waals surface area contributed by atoms with Crippen LogP contribution in [0.1, 0.15) is 41.6 Å². The molecule has 3 amide bonds. The number of rotatable bonds is 4. The molecule has 7 nitrogen and oxygen atoms in total. The van der Waals surface area contributed by atoms with Crippen molar-refractivity contribution in [1.29, 1.82) is 0 Å². The van der Waals surface area contributed by atoms with Crippen molar-refractivity contribution in [3.8, 4) is 0 Å². The summed E-state index contributed by atoms with van der Waals surface area (Å²) in [4.78, 5) is 31.5. The molecule has 4 rings (SSSR count). The predicted octanol–water partition coefficient (Wildman–Crippen LogP) is 2.62. The molecule has 3 N–H and O–H groups in total. The Morgan fingerprint density at radius 2 is 1.87 bits per heavy atom. The SMILES string of the molecule is CN(C)[C@]1(c2ccccc2)CC[C@]2(CC1)CN(c1ncc(C(N)=O)cc1F)C(=O)N2. The van der Waals surface area contributed by atoms with Gasteiger partial charge in [0.25, 0.3) is 0 Å². The summed E-state index contributed by atoms with van der Waals surface area (Å²) in [5.74, 6) is -1.58. The van der Waals surface area contributed by atoms with E-state index in [1.807, 2.05) is 18.2 Å². The largest absolute Gasteiger partial charge is 0.366 e. The van der Waals surface area contributed by atoms with E-state index < -0.39 is 17.3 Å². The van der Waals surface area contributed by atoms with Crippen LogP contribution in [0.5, 0.6) is 0 Å². The molecule has 0 bridgehead atoms. The number of nitrogens with one attached hydrogen (secondary N) is 1. The number of pyridine rings is 1. The molecule has 0 radical (unpaired) electrons. The Morgan fingerprint density at radius 1 is 1.20 bits per heavy atom. The van der Waals surface area contributed by atoms with Crippen molar-refractivity contribution >= 4 is 17.8 Å². The van der Waals surface area contributed by atoms with Gasteiger partial charge in [-0.2, -0.15) is 0 Å². The minimum Gasteiger partial charge on any atom is -0.366 e. The standard InChI is InChI=1S/C22H26FN5O2/c1-27(2)22(16-6-4-3-5-7-16)10-8-21(9-11-22)14-28(20(30)26-21)19-17(23)12-15(13-25-19)18(24)29/h3-7,12-13H,8-11,14H2,1-2H3,(H2,24,29)(H,26,30)/t21-,22+. The molecule has 158 valence electrons. The van der Waals surface area contributed by atoms with Crippen LogP contribution in [-0.4, -0.2) is 48.0 Å². The summed E-state index contributed by atoms with van der Waals surface area (Å²) in [5, 5.41) is 3.08. The molecule has 1 saturated heterocycles. The summed E-state index contributed by atoms with van der Waals surface area (Å²) < 4.78 is 14.5. The summed E-state index contributed by atoms with van der Waals surface area (Å²) >= 11 is 0. The lowest BCUT2D eigenvalue weighted by atomic mass is 9.69. The minimum absolute atomic E-state index is 0.0261. The van der Waals surface area contributed by atoms with Crippen LogP contribution in [0, 0.1) is 5.82 Å². The number of anilines is 1. The number of carbonyl (C=O) groups is 2. The van der Waals surface area contributed by atoms with Crippen LogP contribution in [0.3, 0.4) is 0 Å². The normalized spacial score (nSPS) is 26.3. The van der Waals surface area contributed by atoms with Crippen LogP contribution < -0.4 is 16.0 Å². The lowest BCUT2D eigenvalue weighted by Gasteiger charge is -2.48. The molecule has 2 heterocycles. The summed E-state index contributed by atoms with van der Waals surface area (Å²) in [6.07, 6.45) is 4.47. The van der Waals surface area contributed by atoms with Crippen LogP contribution in [0.2, 0.25) is 0 Å². The van der Waals surface area contributed by atoms with Crippen molar-refractivity contribution in [2.24, 2.45) is 5.73 Å². The fourth-order valence-electron chi connectivity index (χ4n) is 4.81. The van der Waals surface area contributed by atoms with Crippen molar-refractivity contribution in [3.05, 3.63) is 59.5 Å². The van der Waals surface area contributed by atoms with E-state index >= 15 is 0 Å². The van der Waals surface area contributed by atoms with E-state index in [2.05, 4.69) is 41.4 Å². The third-order valence-corrected chi connectivity index (χ3v) is 6.64. The first-order valence-electron chi connectivity index (χ1n) is 10.0. The minimum atomic E-state index is -0.761. The van der Waals surface area contributed by atoms with Gasteiger partial charge in [-0.1, -0.05) is 30.3 Å². The Hall–Kier alpha value is -3.00. The van der Waals surface area contributed by atoms with Gasteiger partial charge in [-0.15, -0.1) is 0 Å². The summed E-state index contributed by atoms with van der Waals surface area (Å²) in [5.41, 5.74) is 5.89. The van der Waals surface area contributed by atoms with E-state index in [0.717, 1.165) is 31.7 Å². The molecule has 0 unspecified atom stereocenters. The maximum absolute atomic E-state index is 14.5. The van der Waals surface area contributed by atoms with Gasteiger partial charge in [-0.25, -0.2) is 14.2 Å². The maximum Gasteiger partial charge on any atom is 0.323 e. The summed E-state index contributed by atoms with van der Waals surface area (Å²) in [6.45, 7) is 0.337. The number of aromatic nitrogens is 1. The topological polar surface area (TPSA) is 91.6 Å². The van der Waals surface area contributed by atoms with Gasteiger partial charge in [0.1, 0.15) is 0 Å². The zero-order chi connectivity index (χ0) is 21.5. The molecular weight excluding hydrogens is 385 g/mol. The first-order valence-corrected chi connectivity index (χ1v) is 10.0. The lowest BCUT2D eigenvalue weighted by Crippen LogP contribution is -2.54. The highest BCUT2D eigenvalue weighted by Crippen LogP contribution is 2.46. The van der Waals surface area contributed by atoms with Crippen molar-refractivity contribution in [2.75, 3.05) is 25.5 Å². The van der Waals surface area contributed by atoms with Crippen molar-refractivity contribution in [1.82, 2.24) is 15.2 Å². The number of nitrogens with two attached hydrogens (primary N) is 1. The number of hydrogen-bond acceptors (Lipinski definition) is 4. The number of carbonyl (C=O) groups excluding carboxylic acids is 2. The molecule has 1 spiro atoms. The van der Waals surface area contributed by atoms with Gasteiger partial charge >= 0.3 is 6.03 Å². The summed E-state index contributed by atoms with van der Waals surface area (Å²) in [6, 6.07) is 11.1. The molecule has 2 fully saturated rings. The number of primary amides is 1. The third kappa shape index (κ3) is 3.31. The van der Waals surface area contributed by atoms with Crippen LogP contribution >= 0.6 is 0 Å². The quantitative estimate of drug-likeness (QED) is 0.809. The highest BCUT2D eigenvalue weighted by atomic mass is 19.1. The second-order valence-corrected chi connectivity index (χ2v) is 8.48. The van der Waals surface area contributed by atoms with Gasteiger partial charge in [0.05, 0.1) is 17.6 Å². The number of nitrogens with zero attached hydrogens (tertiary/aromatic N) is 3. The predicted molar refractivity (Wildman–Crippen MR) is 112 cm³/mol. The smallest absolute Gasteiger partial charge is 0.323 e. The monoisotopic (exact) mass is 411 g/mol. The molecule has 2 aromatic rings. The number of benzene rings is 1. The number of amides is 3. The molecule has 1 aromatic heterocycles. The average Bonchev–Trinajstić information content (AvgIpc) is 3.04. The first kappa shape index (κ1) is 20.3. The lowest BCUT2D eigenvalue weighted by molar-refractivity contribution is 0.0657. The highest BCUT2D eigenvalue weighted by molar-refractivity contribution is 5.96. The number of urea groups is 1. The Bertz CT molecular complexity index is 971. The molecule has 0 atom stereocenters. The van der Waals surface area contributed by atoms with Crippen molar-refractivity contribution < 1.29 is 14.0 Å². The Kier molecular flexibility index (Phi) is 4.97. The van der Waals surface area contributed by atoms with E-state index in [1.54, 1.807) is 0 Å². The average molecular weight is 411 g/mol. The second-order valence-electron chi connectivity index (χ2n) is 8.48. The van der Waals surface area contributed by atoms with Gasteiger partial charge in [-0.05, 0) is 51.4 Å². The Labute approximate surface area is 175 Å². The molecule has 1 aromatic carbocycles. The number of hydrogen-bond donors (Lipinski definition) is 2. The maximum atomic E-state index is 14.5. The zero-order valence-electron chi connectivity index (χ0n) is 17.2. The van der Waals surface area contributed by atoms with Gasteiger partial charge in [-0.3, -0.25) is 14.6 Å². The molecule has 1 aliphatic carbocycles. The Morgan fingerprint density at radius 3 is 2.43 bits per heavy atom. The molecule has 8 heteroatoms.